The number of aromatic nitrogens is 1. The number of pyridine rings is 1. The fourth-order valence-corrected chi connectivity index (χ4v) is 1.82. The zero-order valence-electron chi connectivity index (χ0n) is 11.0. The Morgan fingerprint density at radius 1 is 1.41 bits per heavy atom. The van der Waals surface area contributed by atoms with Gasteiger partial charge in [0.05, 0.1) is 0 Å². The zero-order chi connectivity index (χ0) is 12.3. The SMILES string of the molecule is CCCNC(CCCOCC)c1cccnc1. The summed E-state index contributed by atoms with van der Waals surface area (Å²) in [6, 6.07) is 4.54. The second kappa shape index (κ2) is 9.14. The van der Waals surface area contributed by atoms with Crippen molar-refractivity contribution >= 4 is 0 Å². The van der Waals surface area contributed by atoms with Crippen LogP contribution >= 0.6 is 0 Å². The number of ether oxygens (including phenoxy) is 1. The summed E-state index contributed by atoms with van der Waals surface area (Å²) in [5.41, 5.74) is 1.28. The summed E-state index contributed by atoms with van der Waals surface area (Å²) in [4.78, 5) is 4.19. The first kappa shape index (κ1) is 14.1. The predicted molar refractivity (Wildman–Crippen MR) is 71.0 cm³/mol. The fraction of sp³-hybridized carbons (Fsp3) is 0.643. The van der Waals surface area contributed by atoms with Gasteiger partial charge < -0.3 is 10.1 Å². The first-order valence-corrected chi connectivity index (χ1v) is 6.59. The van der Waals surface area contributed by atoms with Gasteiger partial charge in [-0.3, -0.25) is 4.98 Å². The molecule has 0 radical (unpaired) electrons. The van der Waals surface area contributed by atoms with E-state index < -0.39 is 0 Å². The lowest BCUT2D eigenvalue weighted by Gasteiger charge is -2.18. The molecule has 0 aliphatic rings. The summed E-state index contributed by atoms with van der Waals surface area (Å²) in [5.74, 6) is 0. The molecule has 1 atom stereocenters. The highest BCUT2D eigenvalue weighted by Gasteiger charge is 2.09. The number of hydrogen-bond acceptors (Lipinski definition) is 3. The van der Waals surface area contributed by atoms with Gasteiger partial charge in [-0.1, -0.05) is 13.0 Å². The monoisotopic (exact) mass is 236 g/mol. The summed E-state index contributed by atoms with van der Waals surface area (Å²) in [6.07, 6.45) is 7.12. The van der Waals surface area contributed by atoms with E-state index in [1.807, 2.05) is 25.4 Å². The molecule has 96 valence electrons. The van der Waals surface area contributed by atoms with Crippen LogP contribution in [0.25, 0.3) is 0 Å². The largest absolute Gasteiger partial charge is 0.382 e. The second-order valence-corrected chi connectivity index (χ2v) is 4.13. The highest BCUT2D eigenvalue weighted by Crippen LogP contribution is 2.17. The van der Waals surface area contributed by atoms with Crippen LogP contribution in [-0.4, -0.2) is 24.7 Å². The van der Waals surface area contributed by atoms with Gasteiger partial charge in [-0.2, -0.15) is 0 Å². The van der Waals surface area contributed by atoms with Crippen molar-refractivity contribution in [1.82, 2.24) is 10.3 Å². The lowest BCUT2D eigenvalue weighted by Crippen LogP contribution is -2.22. The number of rotatable bonds is 9. The third kappa shape index (κ3) is 5.80. The Morgan fingerprint density at radius 3 is 2.94 bits per heavy atom. The van der Waals surface area contributed by atoms with Crippen LogP contribution in [0.15, 0.2) is 24.5 Å². The highest BCUT2D eigenvalue weighted by atomic mass is 16.5. The van der Waals surface area contributed by atoms with Gasteiger partial charge in [-0.25, -0.2) is 0 Å². The average Bonchev–Trinajstić information content (AvgIpc) is 2.39. The molecule has 0 aromatic carbocycles. The Bertz CT molecular complexity index is 277. The molecular formula is C14H24N2O. The minimum Gasteiger partial charge on any atom is -0.382 e. The topological polar surface area (TPSA) is 34.1 Å². The van der Waals surface area contributed by atoms with Crippen molar-refractivity contribution in [3.63, 3.8) is 0 Å². The first-order valence-electron chi connectivity index (χ1n) is 6.59. The van der Waals surface area contributed by atoms with Gasteiger partial charge in [0.25, 0.3) is 0 Å². The molecule has 1 unspecified atom stereocenters. The average molecular weight is 236 g/mol. The van der Waals surface area contributed by atoms with Crippen LogP contribution in [0, 0.1) is 0 Å². The molecule has 0 fully saturated rings. The third-order valence-corrected chi connectivity index (χ3v) is 2.71. The zero-order valence-corrected chi connectivity index (χ0v) is 11.0. The molecule has 1 rings (SSSR count). The van der Waals surface area contributed by atoms with E-state index in [2.05, 4.69) is 23.3 Å². The third-order valence-electron chi connectivity index (χ3n) is 2.71. The predicted octanol–water partition coefficient (Wildman–Crippen LogP) is 2.94. The molecule has 0 amide bonds. The maximum atomic E-state index is 5.38. The quantitative estimate of drug-likeness (QED) is 0.669. The van der Waals surface area contributed by atoms with Crippen LogP contribution < -0.4 is 5.32 Å². The van der Waals surface area contributed by atoms with Crippen molar-refractivity contribution in [3.8, 4) is 0 Å². The van der Waals surface area contributed by atoms with E-state index in [0.29, 0.717) is 6.04 Å². The van der Waals surface area contributed by atoms with E-state index in [1.54, 1.807) is 0 Å². The molecule has 0 saturated heterocycles. The smallest absolute Gasteiger partial charge is 0.0466 e. The fourth-order valence-electron chi connectivity index (χ4n) is 1.82. The van der Waals surface area contributed by atoms with Gasteiger partial charge >= 0.3 is 0 Å². The summed E-state index contributed by atoms with van der Waals surface area (Å²) < 4.78 is 5.38. The lowest BCUT2D eigenvalue weighted by atomic mass is 10.0. The van der Waals surface area contributed by atoms with Gasteiger partial charge in [0.2, 0.25) is 0 Å². The molecule has 3 heteroatoms. The van der Waals surface area contributed by atoms with Gasteiger partial charge in [-0.15, -0.1) is 0 Å². The normalized spacial score (nSPS) is 12.6. The van der Waals surface area contributed by atoms with Gasteiger partial charge in [0.15, 0.2) is 0 Å². The summed E-state index contributed by atoms with van der Waals surface area (Å²) in [7, 11) is 0. The molecule has 0 spiro atoms. The van der Waals surface area contributed by atoms with E-state index in [9.17, 15) is 0 Å². The van der Waals surface area contributed by atoms with E-state index in [4.69, 9.17) is 4.74 Å². The summed E-state index contributed by atoms with van der Waals surface area (Å²) in [5, 5.41) is 3.57. The standard InChI is InChI=1S/C14H24N2O/c1-3-9-16-14(8-6-11-17-4-2)13-7-5-10-15-12-13/h5,7,10,12,14,16H,3-4,6,8-9,11H2,1-2H3. The van der Waals surface area contributed by atoms with Crippen molar-refractivity contribution < 1.29 is 4.74 Å². The molecule has 1 N–H and O–H groups in total. The van der Waals surface area contributed by atoms with Crippen LogP contribution in [0.4, 0.5) is 0 Å². The molecule has 0 aliphatic heterocycles. The first-order chi connectivity index (χ1) is 8.38. The van der Waals surface area contributed by atoms with Gasteiger partial charge in [0.1, 0.15) is 0 Å². The molecule has 3 nitrogen and oxygen atoms in total. The Kier molecular flexibility index (Phi) is 7.60. The molecule has 17 heavy (non-hydrogen) atoms. The number of nitrogens with zero attached hydrogens (tertiary/aromatic N) is 1. The maximum absolute atomic E-state index is 5.38. The second-order valence-electron chi connectivity index (χ2n) is 4.13. The molecule has 0 aliphatic carbocycles. The molecule has 0 bridgehead atoms. The van der Waals surface area contributed by atoms with Crippen molar-refractivity contribution in [2.75, 3.05) is 19.8 Å². The maximum Gasteiger partial charge on any atom is 0.0466 e. The van der Waals surface area contributed by atoms with Crippen molar-refractivity contribution in [3.05, 3.63) is 30.1 Å². The molecule has 1 aromatic heterocycles. The van der Waals surface area contributed by atoms with Crippen molar-refractivity contribution in [1.29, 1.82) is 0 Å². The minimum absolute atomic E-state index is 0.407. The number of hydrogen-bond donors (Lipinski definition) is 1. The van der Waals surface area contributed by atoms with Gasteiger partial charge in [-0.05, 0) is 44.4 Å². The van der Waals surface area contributed by atoms with E-state index in [1.165, 1.54) is 5.56 Å². The van der Waals surface area contributed by atoms with Crippen LogP contribution in [0.5, 0.6) is 0 Å². The van der Waals surface area contributed by atoms with Crippen molar-refractivity contribution in [2.24, 2.45) is 0 Å². The highest BCUT2D eigenvalue weighted by molar-refractivity contribution is 5.13. The van der Waals surface area contributed by atoms with E-state index in [0.717, 1.165) is 39.0 Å². The van der Waals surface area contributed by atoms with E-state index in [-0.39, 0.29) is 0 Å². The molecule has 0 saturated carbocycles. The Hall–Kier alpha value is -0.930. The van der Waals surface area contributed by atoms with E-state index >= 15 is 0 Å². The minimum atomic E-state index is 0.407. The molecular weight excluding hydrogens is 212 g/mol. The van der Waals surface area contributed by atoms with Crippen LogP contribution in [0.3, 0.4) is 0 Å². The number of nitrogens with one attached hydrogen (secondary N) is 1. The summed E-state index contributed by atoms with van der Waals surface area (Å²) in [6.45, 7) is 6.93. The lowest BCUT2D eigenvalue weighted by molar-refractivity contribution is 0.141. The molecule has 1 heterocycles. The Morgan fingerprint density at radius 2 is 2.29 bits per heavy atom. The van der Waals surface area contributed by atoms with Crippen LogP contribution in [0.2, 0.25) is 0 Å². The Balaban J connectivity index is 2.43. The molecule has 1 aromatic rings. The van der Waals surface area contributed by atoms with Crippen LogP contribution in [-0.2, 0) is 4.74 Å². The van der Waals surface area contributed by atoms with Crippen molar-refractivity contribution in [2.45, 2.75) is 39.2 Å². The summed E-state index contributed by atoms with van der Waals surface area (Å²) >= 11 is 0. The van der Waals surface area contributed by atoms with Crippen LogP contribution in [0.1, 0.15) is 44.7 Å². The van der Waals surface area contributed by atoms with Gasteiger partial charge in [0, 0.05) is 31.6 Å². The Labute approximate surface area is 105 Å².